The van der Waals surface area contributed by atoms with E-state index >= 15 is 0 Å². The quantitative estimate of drug-likeness (QED) is 0.568. The Hall–Kier alpha value is 0.910. The Morgan fingerprint density at radius 1 is 1.05 bits per heavy atom. The number of carbonyl (C=O) groups is 1. The molecule has 108 valence electrons. The maximum Gasteiger partial charge on any atom is 0.259 e. The van der Waals surface area contributed by atoms with Crippen LogP contribution in [-0.4, -0.2) is 13.6 Å². The van der Waals surface area contributed by atoms with E-state index in [0.29, 0.717) is 10.8 Å². The molecule has 4 aliphatic rings. The van der Waals surface area contributed by atoms with E-state index in [1.807, 2.05) is 0 Å². The second-order valence-electron chi connectivity index (χ2n) is 7.86. The van der Waals surface area contributed by atoms with Gasteiger partial charge in [-0.2, -0.15) is 0 Å². The Morgan fingerprint density at radius 2 is 1.58 bits per heavy atom. The first-order chi connectivity index (χ1) is 8.53. The van der Waals surface area contributed by atoms with Gasteiger partial charge < -0.3 is 5.32 Å². The maximum absolute atomic E-state index is 12.3. The second kappa shape index (κ2) is 4.22. The van der Waals surface area contributed by atoms with E-state index in [4.69, 9.17) is 0 Å². The van der Waals surface area contributed by atoms with Crippen LogP contribution in [0.2, 0.25) is 0 Å². The summed E-state index contributed by atoms with van der Waals surface area (Å²) < 4.78 is -0.835. The number of hydrogen-bond donors (Lipinski definition) is 1. The molecule has 0 aromatic heterocycles. The normalized spacial score (nSPS) is 48.4. The average molecular weight is 458 g/mol. The molecule has 0 aromatic rings. The molecule has 0 aromatic carbocycles. The van der Waals surface area contributed by atoms with Crippen molar-refractivity contribution in [3.8, 4) is 0 Å². The fraction of sp³-hybridized carbons (Fsp3) is 0.929. The van der Waals surface area contributed by atoms with Crippen LogP contribution >= 0.6 is 47.8 Å². The summed E-state index contributed by atoms with van der Waals surface area (Å²) in [6, 6.07) is 0. The van der Waals surface area contributed by atoms with E-state index in [0.717, 1.165) is 25.2 Å². The first-order valence-corrected chi connectivity index (χ1v) is 9.31. The number of rotatable bonds is 1. The molecule has 1 amide bonds. The molecule has 4 saturated carbocycles. The van der Waals surface area contributed by atoms with Crippen molar-refractivity contribution in [1.29, 1.82) is 0 Å². The monoisotopic (exact) mass is 455 g/mol. The zero-order chi connectivity index (χ0) is 14.1. The van der Waals surface area contributed by atoms with Gasteiger partial charge >= 0.3 is 0 Å². The number of amides is 1. The number of halogens is 3. The van der Waals surface area contributed by atoms with Gasteiger partial charge in [0.05, 0.1) is 0 Å². The van der Waals surface area contributed by atoms with Crippen molar-refractivity contribution in [3.05, 3.63) is 0 Å². The molecule has 4 rings (SSSR count). The number of carbonyl (C=O) groups excluding carboxylic acids is 1. The lowest BCUT2D eigenvalue weighted by Gasteiger charge is -2.65. The summed E-state index contributed by atoms with van der Waals surface area (Å²) in [7, 11) is 0. The predicted octanol–water partition coefficient (Wildman–Crippen LogP) is 4.69. The minimum absolute atomic E-state index is 0.0124. The molecule has 2 unspecified atom stereocenters. The molecule has 0 radical (unpaired) electrons. The molecular weight excluding hydrogens is 438 g/mol. The van der Waals surface area contributed by atoms with Crippen molar-refractivity contribution in [1.82, 2.24) is 5.32 Å². The smallest absolute Gasteiger partial charge is 0.259 e. The van der Waals surface area contributed by atoms with E-state index in [2.05, 4.69) is 67.0 Å². The highest BCUT2D eigenvalue weighted by atomic mass is 80.0. The van der Waals surface area contributed by atoms with Crippen molar-refractivity contribution in [2.45, 2.75) is 60.1 Å². The van der Waals surface area contributed by atoms with Crippen molar-refractivity contribution in [2.24, 2.45) is 16.7 Å². The number of hydrogen-bond acceptors (Lipinski definition) is 1. The summed E-state index contributed by atoms with van der Waals surface area (Å²) in [6.07, 6.45) is 7.47. The van der Waals surface area contributed by atoms with E-state index in [-0.39, 0.29) is 11.4 Å². The fourth-order valence-corrected chi connectivity index (χ4v) is 6.20. The molecule has 0 heterocycles. The summed E-state index contributed by atoms with van der Waals surface area (Å²) in [5.74, 6) is 0.781. The largest absolute Gasteiger partial charge is 0.348 e. The van der Waals surface area contributed by atoms with Gasteiger partial charge in [-0.25, -0.2) is 0 Å². The molecule has 2 atom stereocenters. The van der Waals surface area contributed by atoms with E-state index in [1.54, 1.807) is 0 Å². The van der Waals surface area contributed by atoms with Crippen LogP contribution in [0.5, 0.6) is 0 Å². The van der Waals surface area contributed by atoms with Crippen molar-refractivity contribution in [3.63, 3.8) is 0 Å². The third-order valence-electron chi connectivity index (χ3n) is 5.26. The molecular formula is C14H20Br3NO. The highest BCUT2D eigenvalue weighted by Crippen LogP contribution is 2.66. The Balaban J connectivity index is 1.87. The summed E-state index contributed by atoms with van der Waals surface area (Å²) in [5, 5.41) is 3.34. The van der Waals surface area contributed by atoms with Gasteiger partial charge in [-0.05, 0) is 103 Å². The average Bonchev–Trinajstić information content (AvgIpc) is 2.07. The third kappa shape index (κ3) is 2.68. The first kappa shape index (κ1) is 14.8. The fourth-order valence-electron chi connectivity index (χ4n) is 5.90. The summed E-state index contributed by atoms with van der Waals surface area (Å²) in [6.45, 7) is 4.83. The molecule has 2 nitrogen and oxygen atoms in total. The zero-order valence-electron chi connectivity index (χ0n) is 11.4. The van der Waals surface area contributed by atoms with Gasteiger partial charge in [0.2, 0.25) is 2.14 Å². The highest BCUT2D eigenvalue weighted by Gasteiger charge is 2.60. The van der Waals surface area contributed by atoms with Crippen LogP contribution in [0.3, 0.4) is 0 Å². The minimum atomic E-state index is -0.835. The summed E-state index contributed by atoms with van der Waals surface area (Å²) in [5.41, 5.74) is 0.866. The molecule has 19 heavy (non-hydrogen) atoms. The lowest BCUT2D eigenvalue weighted by molar-refractivity contribution is -0.138. The Morgan fingerprint density at radius 3 is 2.00 bits per heavy atom. The molecule has 4 fully saturated rings. The number of alkyl halides is 3. The molecule has 0 aliphatic heterocycles. The van der Waals surface area contributed by atoms with Gasteiger partial charge in [0, 0.05) is 5.54 Å². The van der Waals surface area contributed by atoms with Gasteiger partial charge in [-0.3, -0.25) is 4.79 Å². The van der Waals surface area contributed by atoms with Crippen molar-refractivity contribution < 1.29 is 4.79 Å². The second-order valence-corrected chi connectivity index (χ2v) is 14.6. The molecule has 0 saturated heterocycles. The van der Waals surface area contributed by atoms with E-state index < -0.39 is 2.14 Å². The minimum Gasteiger partial charge on any atom is -0.348 e. The van der Waals surface area contributed by atoms with Crippen LogP contribution in [0.15, 0.2) is 0 Å². The molecule has 4 aliphatic carbocycles. The van der Waals surface area contributed by atoms with Crippen molar-refractivity contribution >= 4 is 53.7 Å². The van der Waals surface area contributed by atoms with Crippen LogP contribution in [0.25, 0.3) is 0 Å². The van der Waals surface area contributed by atoms with E-state index in [1.165, 1.54) is 19.3 Å². The molecule has 1 N–H and O–H groups in total. The van der Waals surface area contributed by atoms with Gasteiger partial charge in [0.25, 0.3) is 5.91 Å². The predicted molar refractivity (Wildman–Crippen MR) is 87.8 cm³/mol. The topological polar surface area (TPSA) is 29.1 Å². The Kier molecular flexibility index (Phi) is 3.29. The standard InChI is InChI=1S/C14H20Br3NO/c1-11-3-9-4-12(2,6-11)8-13(5-9,7-11)18-10(19)14(15,16)17/h9H,3-8H2,1-2H3,(H,18,19). The highest BCUT2D eigenvalue weighted by molar-refractivity contribution is 9.40. The maximum atomic E-state index is 12.3. The van der Waals surface area contributed by atoms with E-state index in [9.17, 15) is 4.79 Å². The van der Waals surface area contributed by atoms with Crippen molar-refractivity contribution in [2.75, 3.05) is 0 Å². The van der Waals surface area contributed by atoms with Crippen LogP contribution in [0.1, 0.15) is 52.4 Å². The lowest BCUT2D eigenvalue weighted by atomic mass is 9.43. The van der Waals surface area contributed by atoms with Gasteiger partial charge in [-0.15, -0.1) is 0 Å². The van der Waals surface area contributed by atoms with Gasteiger partial charge in [-0.1, -0.05) is 13.8 Å². The third-order valence-corrected chi connectivity index (χ3v) is 6.34. The van der Waals surface area contributed by atoms with Crippen LogP contribution in [0.4, 0.5) is 0 Å². The number of nitrogens with one attached hydrogen (secondary N) is 1. The lowest BCUT2D eigenvalue weighted by Crippen LogP contribution is -2.66. The Bertz CT molecular complexity index is 413. The molecule has 4 bridgehead atoms. The molecule has 0 spiro atoms. The van der Waals surface area contributed by atoms with Gasteiger partial charge in [0.1, 0.15) is 0 Å². The van der Waals surface area contributed by atoms with Crippen LogP contribution in [0, 0.1) is 16.7 Å². The van der Waals surface area contributed by atoms with Gasteiger partial charge in [0.15, 0.2) is 0 Å². The summed E-state index contributed by atoms with van der Waals surface area (Å²) in [4.78, 5) is 12.3. The zero-order valence-corrected chi connectivity index (χ0v) is 16.1. The Labute approximate surface area is 140 Å². The first-order valence-electron chi connectivity index (χ1n) is 6.93. The van der Waals surface area contributed by atoms with Crippen LogP contribution in [-0.2, 0) is 4.79 Å². The van der Waals surface area contributed by atoms with Crippen LogP contribution < -0.4 is 5.32 Å². The summed E-state index contributed by atoms with van der Waals surface area (Å²) >= 11 is 10.00. The SMILES string of the molecule is CC12CC3CC(C)(C1)CC(NC(=O)C(Br)(Br)Br)(C3)C2. The molecule has 5 heteroatoms.